The van der Waals surface area contributed by atoms with Crippen LogP contribution in [0.5, 0.6) is 0 Å². The van der Waals surface area contributed by atoms with Gasteiger partial charge in [-0.2, -0.15) is 0 Å². The molecule has 0 spiro atoms. The first kappa shape index (κ1) is 14.0. The van der Waals surface area contributed by atoms with Gasteiger partial charge in [0.15, 0.2) is 0 Å². The second kappa shape index (κ2) is 5.48. The van der Waals surface area contributed by atoms with Crippen molar-refractivity contribution in [2.24, 2.45) is 0 Å². The Hall–Kier alpha value is -2.11. The van der Waals surface area contributed by atoms with Gasteiger partial charge in [-0.25, -0.2) is 4.98 Å². The van der Waals surface area contributed by atoms with Gasteiger partial charge >= 0.3 is 5.97 Å². The highest BCUT2D eigenvalue weighted by atomic mass is 16.6. The van der Waals surface area contributed by atoms with E-state index < -0.39 is 17.5 Å². The molecule has 1 aromatic rings. The molecule has 0 aromatic carbocycles. The zero-order chi connectivity index (χ0) is 13.8. The number of nitrogens with two attached hydrogens (primary N) is 1. The maximum Gasteiger partial charge on any atom is 0.315 e. The molecular formula is C12H17N3O3. The van der Waals surface area contributed by atoms with Crippen LogP contribution >= 0.6 is 0 Å². The van der Waals surface area contributed by atoms with E-state index in [1.807, 2.05) is 0 Å². The molecule has 6 heteroatoms. The van der Waals surface area contributed by atoms with Crippen LogP contribution in [-0.2, 0) is 14.3 Å². The summed E-state index contributed by atoms with van der Waals surface area (Å²) in [5.74, 6) is -0.720. The quantitative estimate of drug-likeness (QED) is 0.624. The third-order valence-corrected chi connectivity index (χ3v) is 1.79. The standard InChI is InChI=1S/C12H17N3O3/c1-12(2,3)18-11(17)7-10(16)15-8-4-5-14-9(13)6-8/h4-6H,7H2,1-3H3,(H3,13,14,15,16). The lowest BCUT2D eigenvalue weighted by Crippen LogP contribution is -2.27. The maximum absolute atomic E-state index is 11.5. The molecule has 0 aliphatic rings. The first-order chi connectivity index (χ1) is 8.26. The fourth-order valence-electron chi connectivity index (χ4n) is 1.24. The Morgan fingerprint density at radius 1 is 1.44 bits per heavy atom. The Bertz CT molecular complexity index is 452. The normalized spacial score (nSPS) is 10.8. The molecule has 98 valence electrons. The number of hydrogen-bond donors (Lipinski definition) is 2. The molecule has 0 radical (unpaired) electrons. The van der Waals surface area contributed by atoms with Gasteiger partial charge in [-0.15, -0.1) is 0 Å². The van der Waals surface area contributed by atoms with Gasteiger partial charge in [0.05, 0.1) is 0 Å². The lowest BCUT2D eigenvalue weighted by atomic mass is 10.2. The van der Waals surface area contributed by atoms with Crippen molar-refractivity contribution >= 4 is 23.4 Å². The number of anilines is 2. The summed E-state index contributed by atoms with van der Waals surface area (Å²) in [6, 6.07) is 3.09. The number of nitrogens with zero attached hydrogens (tertiary/aromatic N) is 1. The number of rotatable bonds is 3. The molecule has 3 N–H and O–H groups in total. The summed E-state index contributed by atoms with van der Waals surface area (Å²) < 4.78 is 5.03. The Labute approximate surface area is 106 Å². The number of nitrogens with one attached hydrogen (secondary N) is 1. The fourth-order valence-corrected chi connectivity index (χ4v) is 1.24. The van der Waals surface area contributed by atoms with Crippen molar-refractivity contribution in [3.63, 3.8) is 0 Å². The molecule has 0 saturated carbocycles. The summed E-state index contributed by atoms with van der Waals surface area (Å²) in [6.07, 6.45) is 1.14. The molecule has 1 rings (SSSR count). The highest BCUT2D eigenvalue weighted by Gasteiger charge is 2.18. The van der Waals surface area contributed by atoms with Gasteiger partial charge in [0, 0.05) is 18.0 Å². The van der Waals surface area contributed by atoms with Crippen molar-refractivity contribution in [2.75, 3.05) is 11.1 Å². The molecule has 0 aliphatic carbocycles. The molecule has 6 nitrogen and oxygen atoms in total. The second-order valence-corrected chi connectivity index (χ2v) is 4.78. The van der Waals surface area contributed by atoms with Crippen molar-refractivity contribution in [3.05, 3.63) is 18.3 Å². The number of carbonyl (C=O) groups is 2. The Balaban J connectivity index is 2.50. The number of aromatic nitrogens is 1. The number of carbonyl (C=O) groups excluding carboxylic acids is 2. The number of nitrogen functional groups attached to an aromatic ring is 1. The zero-order valence-corrected chi connectivity index (χ0v) is 10.7. The van der Waals surface area contributed by atoms with Gasteiger partial charge in [0.25, 0.3) is 0 Å². The largest absolute Gasteiger partial charge is 0.460 e. The van der Waals surface area contributed by atoms with E-state index in [1.165, 1.54) is 12.3 Å². The zero-order valence-electron chi connectivity index (χ0n) is 10.7. The first-order valence-electron chi connectivity index (χ1n) is 5.49. The smallest absolute Gasteiger partial charge is 0.315 e. The van der Waals surface area contributed by atoms with E-state index in [0.29, 0.717) is 11.5 Å². The van der Waals surface area contributed by atoms with Crippen molar-refractivity contribution in [1.29, 1.82) is 0 Å². The Morgan fingerprint density at radius 3 is 2.67 bits per heavy atom. The van der Waals surface area contributed by atoms with E-state index in [0.717, 1.165) is 0 Å². The van der Waals surface area contributed by atoms with Gasteiger partial charge in [0.1, 0.15) is 17.8 Å². The molecule has 1 heterocycles. The van der Waals surface area contributed by atoms with Gasteiger partial charge in [0.2, 0.25) is 5.91 Å². The molecule has 0 aliphatic heterocycles. The number of amides is 1. The Morgan fingerprint density at radius 2 is 2.11 bits per heavy atom. The number of pyridine rings is 1. The van der Waals surface area contributed by atoms with E-state index in [2.05, 4.69) is 10.3 Å². The molecule has 1 aromatic heterocycles. The maximum atomic E-state index is 11.5. The molecule has 0 bridgehead atoms. The predicted octanol–water partition coefficient (Wildman–Crippen LogP) is 1.33. The lowest BCUT2D eigenvalue weighted by molar-refractivity contribution is -0.155. The minimum Gasteiger partial charge on any atom is -0.460 e. The number of esters is 1. The van der Waals surface area contributed by atoms with Gasteiger partial charge in [-0.1, -0.05) is 0 Å². The summed E-state index contributed by atoms with van der Waals surface area (Å²) in [6.45, 7) is 5.23. The summed E-state index contributed by atoms with van der Waals surface area (Å²) in [5, 5.41) is 2.54. The molecule has 1 amide bonds. The van der Waals surface area contributed by atoms with Crippen LogP contribution in [0.4, 0.5) is 11.5 Å². The average molecular weight is 251 g/mol. The fraction of sp³-hybridized carbons (Fsp3) is 0.417. The van der Waals surface area contributed by atoms with E-state index in [9.17, 15) is 9.59 Å². The highest BCUT2D eigenvalue weighted by Crippen LogP contribution is 2.11. The third-order valence-electron chi connectivity index (χ3n) is 1.79. The predicted molar refractivity (Wildman–Crippen MR) is 67.7 cm³/mol. The number of hydrogen-bond acceptors (Lipinski definition) is 5. The number of ether oxygens (including phenoxy) is 1. The topological polar surface area (TPSA) is 94.3 Å². The van der Waals surface area contributed by atoms with Crippen LogP contribution in [0.3, 0.4) is 0 Å². The summed E-state index contributed by atoms with van der Waals surface area (Å²) in [4.78, 5) is 26.7. The Kier molecular flexibility index (Phi) is 4.25. The van der Waals surface area contributed by atoms with Crippen molar-refractivity contribution in [1.82, 2.24) is 4.98 Å². The first-order valence-corrected chi connectivity index (χ1v) is 5.49. The SMILES string of the molecule is CC(C)(C)OC(=O)CC(=O)Nc1ccnc(N)c1. The van der Waals surface area contributed by atoms with Gasteiger partial charge in [-0.3, -0.25) is 9.59 Å². The lowest BCUT2D eigenvalue weighted by Gasteiger charge is -2.19. The van der Waals surface area contributed by atoms with Crippen LogP contribution in [0.2, 0.25) is 0 Å². The minimum absolute atomic E-state index is 0.296. The van der Waals surface area contributed by atoms with Crippen LogP contribution < -0.4 is 11.1 Å². The molecular weight excluding hydrogens is 234 g/mol. The molecule has 18 heavy (non-hydrogen) atoms. The summed E-state index contributed by atoms with van der Waals surface area (Å²) >= 11 is 0. The summed E-state index contributed by atoms with van der Waals surface area (Å²) in [5.41, 5.74) is 5.36. The van der Waals surface area contributed by atoms with Gasteiger partial charge in [-0.05, 0) is 26.8 Å². The van der Waals surface area contributed by atoms with Crippen LogP contribution in [0.1, 0.15) is 27.2 Å². The summed E-state index contributed by atoms with van der Waals surface area (Å²) in [7, 11) is 0. The van der Waals surface area contributed by atoms with Gasteiger partial charge < -0.3 is 15.8 Å². The van der Waals surface area contributed by atoms with E-state index in [1.54, 1.807) is 26.8 Å². The van der Waals surface area contributed by atoms with Crippen LogP contribution in [0, 0.1) is 0 Å². The highest BCUT2D eigenvalue weighted by molar-refractivity contribution is 6.02. The minimum atomic E-state index is -0.599. The van der Waals surface area contributed by atoms with Crippen molar-refractivity contribution in [3.8, 4) is 0 Å². The van der Waals surface area contributed by atoms with E-state index in [4.69, 9.17) is 10.5 Å². The average Bonchev–Trinajstić information content (AvgIpc) is 2.13. The van der Waals surface area contributed by atoms with Crippen molar-refractivity contribution < 1.29 is 14.3 Å². The molecule has 0 unspecified atom stereocenters. The van der Waals surface area contributed by atoms with Crippen LogP contribution in [0.25, 0.3) is 0 Å². The monoisotopic (exact) mass is 251 g/mol. The molecule has 0 fully saturated rings. The molecule has 0 saturated heterocycles. The third kappa shape index (κ3) is 5.29. The molecule has 0 atom stereocenters. The van der Waals surface area contributed by atoms with Crippen LogP contribution in [-0.4, -0.2) is 22.5 Å². The van der Waals surface area contributed by atoms with E-state index in [-0.39, 0.29) is 6.42 Å². The second-order valence-electron chi connectivity index (χ2n) is 4.78. The van der Waals surface area contributed by atoms with Crippen molar-refractivity contribution in [2.45, 2.75) is 32.8 Å². The van der Waals surface area contributed by atoms with E-state index >= 15 is 0 Å². The van der Waals surface area contributed by atoms with Crippen LogP contribution in [0.15, 0.2) is 18.3 Å².